The Morgan fingerprint density at radius 1 is 0.418 bits per heavy atom. The van der Waals surface area contributed by atoms with E-state index in [1.54, 1.807) is 0 Å². The molecule has 0 radical (unpaired) electrons. The molecule has 2 unspecified atom stereocenters. The quantitative estimate of drug-likeness (QED) is 0.152. The van der Waals surface area contributed by atoms with Crippen molar-refractivity contribution < 1.29 is 0 Å². The first-order chi connectivity index (χ1) is 33.2. The van der Waals surface area contributed by atoms with Gasteiger partial charge in [-0.25, -0.2) is 4.99 Å². The minimum absolute atomic E-state index is 0.0153. The summed E-state index contributed by atoms with van der Waals surface area (Å²) in [7, 11) is 0. The fraction of sp³-hybridized carbons (Fsp3) is 0.0323. The van der Waals surface area contributed by atoms with Gasteiger partial charge in [0, 0.05) is 37.0 Å². The average Bonchev–Trinajstić information content (AvgIpc) is 3.80. The normalized spacial score (nSPS) is 15.8. The summed E-state index contributed by atoms with van der Waals surface area (Å²) in [6.07, 6.45) is 4.17. The molecule has 0 saturated carbocycles. The van der Waals surface area contributed by atoms with Gasteiger partial charge in [-0.3, -0.25) is 4.99 Å². The van der Waals surface area contributed by atoms with Gasteiger partial charge >= 0.3 is 0 Å². The number of hydrogen-bond acceptors (Lipinski definition) is 5. The maximum absolute atomic E-state index is 5.37. The third-order valence-electron chi connectivity index (χ3n) is 12.8. The van der Waals surface area contributed by atoms with Gasteiger partial charge in [0.05, 0.1) is 17.5 Å². The van der Waals surface area contributed by atoms with E-state index in [-0.39, 0.29) is 12.2 Å². The van der Waals surface area contributed by atoms with Crippen molar-refractivity contribution in [3.05, 3.63) is 276 Å². The van der Waals surface area contributed by atoms with E-state index in [2.05, 4.69) is 247 Å². The maximum atomic E-state index is 5.37. The number of hydrogen-bond donors (Lipinski definition) is 2. The van der Waals surface area contributed by atoms with Crippen molar-refractivity contribution in [2.24, 2.45) is 9.98 Å². The van der Waals surface area contributed by atoms with Crippen LogP contribution < -0.4 is 10.6 Å². The standard InChI is InChI=1S/C62H44N4S/c1-5-16-41(17-6-1)49-24-15-25-50(38-49)62-65-55(44-20-9-3-10-21-44)40-57(66-62)45-30-28-42(29-31-45)51-36-37-53-52-26-13-14-27-58(52)67-60(53)59(51)47-34-32-46(33-35-47)56-39-54(43-18-7-2-8-19-43)63-61(64-56)48-22-11-4-12-23-48/h1-40,54,62,65H,(H,63,64). The van der Waals surface area contributed by atoms with Crippen LogP contribution in [0.25, 0.3) is 64.9 Å². The van der Waals surface area contributed by atoms with E-state index in [1.165, 1.54) is 53.6 Å². The third-order valence-corrected chi connectivity index (χ3v) is 14.0. The van der Waals surface area contributed by atoms with E-state index in [1.807, 2.05) is 17.4 Å². The summed E-state index contributed by atoms with van der Waals surface area (Å²) in [6.45, 7) is 0. The average molecular weight is 877 g/mol. The lowest BCUT2D eigenvalue weighted by atomic mass is 9.91. The number of fused-ring (bicyclic) bond motifs is 3. The van der Waals surface area contributed by atoms with E-state index in [0.29, 0.717) is 0 Å². The van der Waals surface area contributed by atoms with Crippen LogP contribution in [-0.2, 0) is 0 Å². The van der Waals surface area contributed by atoms with Crippen LogP contribution in [0.15, 0.2) is 253 Å². The van der Waals surface area contributed by atoms with Crippen molar-refractivity contribution in [2.45, 2.75) is 12.2 Å². The van der Waals surface area contributed by atoms with E-state index in [9.17, 15) is 0 Å². The molecule has 1 aromatic heterocycles. The summed E-state index contributed by atoms with van der Waals surface area (Å²) in [4.78, 5) is 10.6. The Hall–Kier alpha value is -8.38. The maximum Gasteiger partial charge on any atom is 0.145 e. The molecule has 3 heterocycles. The summed E-state index contributed by atoms with van der Waals surface area (Å²) >= 11 is 1.87. The summed E-state index contributed by atoms with van der Waals surface area (Å²) in [5.74, 6) is 0.867. The summed E-state index contributed by atoms with van der Waals surface area (Å²) in [5.41, 5.74) is 16.7. The zero-order valence-corrected chi connectivity index (χ0v) is 37.4. The Kier molecular flexibility index (Phi) is 10.5. The minimum atomic E-state index is -0.260. The molecule has 0 aliphatic carbocycles. The number of nitrogens with one attached hydrogen (secondary N) is 2. The monoisotopic (exact) mass is 876 g/mol. The number of nitrogens with zero attached hydrogens (tertiary/aromatic N) is 2. The van der Waals surface area contributed by atoms with E-state index in [4.69, 9.17) is 9.98 Å². The molecule has 2 atom stereocenters. The molecule has 4 nitrogen and oxygen atoms in total. The van der Waals surface area contributed by atoms with Crippen LogP contribution in [-0.4, -0.2) is 11.5 Å². The fourth-order valence-corrected chi connectivity index (χ4v) is 10.7. The van der Waals surface area contributed by atoms with Gasteiger partial charge < -0.3 is 10.6 Å². The Morgan fingerprint density at radius 2 is 1.01 bits per heavy atom. The van der Waals surface area contributed by atoms with Crippen molar-refractivity contribution >= 4 is 54.5 Å². The minimum Gasteiger partial charge on any atom is -0.360 e. The molecule has 318 valence electrons. The Bertz CT molecular complexity index is 3540. The molecule has 0 spiro atoms. The van der Waals surface area contributed by atoms with Crippen molar-refractivity contribution in [2.75, 3.05) is 0 Å². The summed E-state index contributed by atoms with van der Waals surface area (Å²) < 4.78 is 2.56. The summed E-state index contributed by atoms with van der Waals surface area (Å²) in [6, 6.07) is 82.1. The van der Waals surface area contributed by atoms with Gasteiger partial charge in [0.1, 0.15) is 12.0 Å². The molecule has 10 aromatic rings. The second-order valence-electron chi connectivity index (χ2n) is 17.0. The van der Waals surface area contributed by atoms with Gasteiger partial charge in [-0.1, -0.05) is 218 Å². The van der Waals surface area contributed by atoms with Crippen LogP contribution in [0, 0.1) is 0 Å². The van der Waals surface area contributed by atoms with Crippen molar-refractivity contribution in [1.82, 2.24) is 10.6 Å². The first-order valence-electron chi connectivity index (χ1n) is 22.8. The topological polar surface area (TPSA) is 48.8 Å². The van der Waals surface area contributed by atoms with Crippen molar-refractivity contribution in [3.63, 3.8) is 0 Å². The molecular weight excluding hydrogens is 833 g/mol. The van der Waals surface area contributed by atoms with Crippen LogP contribution in [0.3, 0.4) is 0 Å². The fourth-order valence-electron chi connectivity index (χ4n) is 9.38. The highest BCUT2D eigenvalue weighted by Gasteiger charge is 2.23. The Morgan fingerprint density at radius 3 is 1.76 bits per heavy atom. The molecule has 67 heavy (non-hydrogen) atoms. The molecule has 2 aliphatic heterocycles. The molecule has 12 rings (SSSR count). The van der Waals surface area contributed by atoms with Crippen LogP contribution in [0.1, 0.15) is 45.6 Å². The highest BCUT2D eigenvalue weighted by molar-refractivity contribution is 7.26. The second kappa shape index (κ2) is 17.5. The lowest BCUT2D eigenvalue weighted by molar-refractivity contribution is 0.664. The second-order valence-corrected chi connectivity index (χ2v) is 18.1. The van der Waals surface area contributed by atoms with Gasteiger partial charge in [-0.2, -0.15) is 0 Å². The third kappa shape index (κ3) is 7.96. The van der Waals surface area contributed by atoms with Gasteiger partial charge in [-0.05, 0) is 79.9 Å². The van der Waals surface area contributed by atoms with Crippen molar-refractivity contribution in [3.8, 4) is 33.4 Å². The van der Waals surface area contributed by atoms with Crippen molar-refractivity contribution in [1.29, 1.82) is 0 Å². The van der Waals surface area contributed by atoms with Crippen LogP contribution >= 0.6 is 11.3 Å². The van der Waals surface area contributed by atoms with Gasteiger partial charge in [0.25, 0.3) is 0 Å². The first-order valence-corrected chi connectivity index (χ1v) is 23.6. The van der Waals surface area contributed by atoms with E-state index in [0.717, 1.165) is 56.3 Å². The Balaban J connectivity index is 0.929. The molecular formula is C62H44N4S. The van der Waals surface area contributed by atoms with E-state index >= 15 is 0 Å². The lowest BCUT2D eigenvalue weighted by Gasteiger charge is -2.25. The summed E-state index contributed by atoms with van der Waals surface area (Å²) in [5, 5.41) is 10.0. The molecule has 9 aromatic carbocycles. The van der Waals surface area contributed by atoms with Crippen LogP contribution in [0.2, 0.25) is 0 Å². The lowest BCUT2D eigenvalue weighted by Crippen LogP contribution is -2.31. The predicted molar refractivity (Wildman–Crippen MR) is 282 cm³/mol. The predicted octanol–water partition coefficient (Wildman–Crippen LogP) is 15.3. The smallest absolute Gasteiger partial charge is 0.145 e. The molecule has 0 saturated heterocycles. The number of allylic oxidation sites excluding steroid dienone is 1. The number of amidine groups is 1. The molecule has 2 N–H and O–H groups in total. The molecule has 0 amide bonds. The van der Waals surface area contributed by atoms with Crippen LogP contribution in [0.5, 0.6) is 0 Å². The first kappa shape index (κ1) is 40.2. The Labute approximate surface area is 394 Å². The van der Waals surface area contributed by atoms with Gasteiger partial charge in [0.15, 0.2) is 0 Å². The number of rotatable bonds is 9. The number of benzene rings is 9. The zero-order chi connectivity index (χ0) is 44.5. The highest BCUT2D eigenvalue weighted by atomic mass is 32.1. The molecule has 5 heteroatoms. The molecule has 0 bridgehead atoms. The van der Waals surface area contributed by atoms with Gasteiger partial charge in [-0.15, -0.1) is 11.3 Å². The van der Waals surface area contributed by atoms with Crippen LogP contribution in [0.4, 0.5) is 0 Å². The zero-order valence-electron chi connectivity index (χ0n) is 36.6. The SMILES string of the molecule is C1=C(c2ccc(-c3c(-c4ccc(C5=NC(c6cccc(-c7ccccc7)c6)NC(c6ccccc6)=C5)cc4)ccc4c3sc3ccccc34)cc2)N=C(c2ccccc2)NC1c1ccccc1. The molecule has 2 aliphatic rings. The number of thiophene rings is 1. The largest absolute Gasteiger partial charge is 0.360 e. The van der Waals surface area contributed by atoms with E-state index < -0.39 is 0 Å². The van der Waals surface area contributed by atoms with Gasteiger partial charge in [0.2, 0.25) is 0 Å². The number of aliphatic imine (C=N–C) groups is 2. The molecule has 0 fully saturated rings. The highest BCUT2D eigenvalue weighted by Crippen LogP contribution is 2.45.